The number of morpholine rings is 1. The fraction of sp³-hybridized carbons (Fsp3) is 0.789. The highest BCUT2D eigenvalue weighted by Crippen LogP contribution is 2.55. The number of allylic oxidation sites excluding steroid dienone is 2. The fourth-order valence-corrected chi connectivity index (χ4v) is 10.4. The summed E-state index contributed by atoms with van der Waals surface area (Å²) in [7, 11) is 4.03. The van der Waals surface area contributed by atoms with Gasteiger partial charge < -0.3 is 29.9 Å². The van der Waals surface area contributed by atoms with Crippen molar-refractivity contribution in [2.24, 2.45) is 29.6 Å². The lowest BCUT2D eigenvalue weighted by atomic mass is 9.66. The number of rotatable bonds is 8. The number of Topliss-reactive ketones (excluding diaryl/α,β-unsaturated/α-hetero) is 2. The van der Waals surface area contributed by atoms with Crippen molar-refractivity contribution in [3.63, 3.8) is 0 Å². The fourth-order valence-electron chi connectivity index (χ4n) is 10.4. The van der Waals surface area contributed by atoms with Crippen molar-refractivity contribution < 1.29 is 33.0 Å². The summed E-state index contributed by atoms with van der Waals surface area (Å²) in [6.45, 7) is 7.84. The SMILES string of the molecule is CN(C)CCCCNC(=O)C1=CN2C3CC4C(CC3OC3C(N5CC[C@H](NC(=O)OC(C)(C)C)C5)C(F)CC(C1=O)C32)C(=O)C1C=CCCC14. The molecule has 3 aliphatic heterocycles. The molecule has 0 aromatic heterocycles. The Morgan fingerprint density at radius 1 is 1.06 bits per heavy atom. The van der Waals surface area contributed by atoms with Gasteiger partial charge in [-0.1, -0.05) is 12.2 Å². The van der Waals surface area contributed by atoms with Gasteiger partial charge in [0, 0.05) is 49.6 Å². The predicted molar refractivity (Wildman–Crippen MR) is 185 cm³/mol. The number of carbonyl (C=O) groups is 4. The number of unbranched alkanes of at least 4 members (excludes halogenated alkanes) is 1. The van der Waals surface area contributed by atoms with Crippen LogP contribution in [0.2, 0.25) is 0 Å². The average molecular weight is 698 g/mol. The van der Waals surface area contributed by atoms with Crippen LogP contribution in [-0.2, 0) is 23.9 Å². The van der Waals surface area contributed by atoms with Crippen molar-refractivity contribution in [3.8, 4) is 0 Å². The van der Waals surface area contributed by atoms with Gasteiger partial charge >= 0.3 is 6.09 Å². The summed E-state index contributed by atoms with van der Waals surface area (Å²) >= 11 is 0. The predicted octanol–water partition coefficient (Wildman–Crippen LogP) is 3.23. The molecule has 7 rings (SSSR count). The summed E-state index contributed by atoms with van der Waals surface area (Å²) < 4.78 is 29.1. The van der Waals surface area contributed by atoms with E-state index in [0.717, 1.165) is 38.6 Å². The molecule has 0 aromatic rings. The summed E-state index contributed by atoms with van der Waals surface area (Å²) in [5, 5.41) is 5.93. The molecule has 4 aliphatic carbocycles. The second-order valence-corrected chi connectivity index (χ2v) is 17.1. The number of halogens is 1. The number of ketones is 2. The molecule has 2 N–H and O–H groups in total. The molecule has 12 heteroatoms. The van der Waals surface area contributed by atoms with Crippen molar-refractivity contribution in [1.82, 2.24) is 25.3 Å². The van der Waals surface area contributed by atoms with Gasteiger partial charge in [-0.2, -0.15) is 0 Å². The van der Waals surface area contributed by atoms with Gasteiger partial charge in [-0.15, -0.1) is 0 Å². The molecule has 11 unspecified atom stereocenters. The van der Waals surface area contributed by atoms with E-state index in [-0.39, 0.29) is 53.7 Å². The summed E-state index contributed by atoms with van der Waals surface area (Å²) in [6, 6.07) is -1.34. The van der Waals surface area contributed by atoms with Crippen LogP contribution in [-0.4, -0.2) is 127 Å². The molecule has 3 heterocycles. The molecule has 11 nitrogen and oxygen atoms in total. The minimum absolute atomic E-state index is 0.00998. The number of amides is 2. The molecule has 7 aliphatic rings. The molecule has 5 fully saturated rings. The highest BCUT2D eigenvalue weighted by Gasteiger charge is 2.63. The number of nitrogens with zero attached hydrogens (tertiary/aromatic N) is 3. The largest absolute Gasteiger partial charge is 0.444 e. The van der Waals surface area contributed by atoms with Crippen LogP contribution in [0.25, 0.3) is 0 Å². The molecule has 0 bridgehead atoms. The maximum Gasteiger partial charge on any atom is 0.407 e. The van der Waals surface area contributed by atoms with Gasteiger partial charge in [0.25, 0.3) is 5.91 Å². The van der Waals surface area contributed by atoms with Crippen LogP contribution < -0.4 is 10.6 Å². The van der Waals surface area contributed by atoms with Crippen LogP contribution in [0.1, 0.15) is 72.1 Å². The molecule has 2 saturated heterocycles. The highest BCUT2D eigenvalue weighted by atomic mass is 19.1. The van der Waals surface area contributed by atoms with Gasteiger partial charge in [-0.3, -0.25) is 19.3 Å². The number of carbonyl (C=O) groups excluding carboxylic acids is 4. The minimum atomic E-state index is -1.37. The maximum absolute atomic E-state index is 16.6. The molecule has 0 radical (unpaired) electrons. The normalized spacial score (nSPS) is 39.3. The number of hydrogen-bond donors (Lipinski definition) is 2. The third-order valence-electron chi connectivity index (χ3n) is 12.5. The minimum Gasteiger partial charge on any atom is -0.444 e. The molecular formula is C38H56FN5O6. The van der Waals surface area contributed by atoms with Crippen molar-refractivity contribution in [1.29, 1.82) is 0 Å². The first-order valence-corrected chi connectivity index (χ1v) is 19.0. The van der Waals surface area contributed by atoms with Gasteiger partial charge in [0.05, 0.1) is 35.9 Å². The second-order valence-electron chi connectivity index (χ2n) is 17.1. The number of hydrogen-bond acceptors (Lipinski definition) is 9. The third-order valence-corrected chi connectivity index (χ3v) is 12.5. The molecule has 0 aromatic carbocycles. The smallest absolute Gasteiger partial charge is 0.407 e. The van der Waals surface area contributed by atoms with E-state index < -0.39 is 47.9 Å². The van der Waals surface area contributed by atoms with Crippen LogP contribution in [0.5, 0.6) is 0 Å². The number of nitrogens with one attached hydrogen (secondary N) is 2. The number of ether oxygens (including phenoxy) is 2. The standard InChI is InChI=1S/C38H56FN5O6/c1-38(2,3)50-37(48)41-21-12-15-43(19-21)32-28(39)16-26-31-35(32)49-30-18-25-24(22-10-6-7-11-23(22)33(25)45)17-29(30)44(31)20-27(34(26)46)36(47)40-13-8-9-14-42(4)5/h7,11,20-26,28-32,35H,6,8-10,12-19H2,1-5H3,(H,40,47)(H,41,48)/t21-,22?,23?,24?,25?,26?,28?,29?,30?,31?,32?,35?/m0/s1. The van der Waals surface area contributed by atoms with E-state index in [0.29, 0.717) is 44.2 Å². The number of alkyl halides is 1. The summed E-state index contributed by atoms with van der Waals surface area (Å²) in [4.78, 5) is 60.4. The molecule has 276 valence electrons. The number of likely N-dealkylation sites (tertiary alicyclic amines) is 1. The van der Waals surface area contributed by atoms with E-state index in [1.54, 1.807) is 6.20 Å². The lowest BCUT2D eigenvalue weighted by Crippen LogP contribution is -2.73. The molecule has 50 heavy (non-hydrogen) atoms. The summed E-state index contributed by atoms with van der Waals surface area (Å²) in [5.74, 6) is -0.729. The monoisotopic (exact) mass is 697 g/mol. The second kappa shape index (κ2) is 14.0. The molecule has 0 spiro atoms. The van der Waals surface area contributed by atoms with Crippen molar-refractivity contribution in [3.05, 3.63) is 23.9 Å². The van der Waals surface area contributed by atoms with E-state index in [9.17, 15) is 19.2 Å². The first-order chi connectivity index (χ1) is 23.8. The van der Waals surface area contributed by atoms with Crippen LogP contribution in [0.15, 0.2) is 23.9 Å². The van der Waals surface area contributed by atoms with E-state index in [2.05, 4.69) is 37.5 Å². The van der Waals surface area contributed by atoms with Crippen LogP contribution in [0, 0.1) is 29.6 Å². The number of fused-ring (bicyclic) bond motifs is 5. The summed E-state index contributed by atoms with van der Waals surface area (Å²) in [6.07, 6.45) is 8.88. The van der Waals surface area contributed by atoms with Gasteiger partial charge in [0.2, 0.25) is 0 Å². The quantitative estimate of drug-likeness (QED) is 0.224. The first-order valence-electron chi connectivity index (χ1n) is 19.0. The van der Waals surface area contributed by atoms with E-state index >= 15 is 4.39 Å². The zero-order chi connectivity index (χ0) is 35.5. The van der Waals surface area contributed by atoms with E-state index in [4.69, 9.17) is 9.47 Å². The Kier molecular flexibility index (Phi) is 9.92. The van der Waals surface area contributed by atoms with Gasteiger partial charge in [0.1, 0.15) is 17.6 Å². The van der Waals surface area contributed by atoms with Gasteiger partial charge in [0.15, 0.2) is 5.78 Å². The van der Waals surface area contributed by atoms with E-state index in [1.165, 1.54) is 0 Å². The third kappa shape index (κ3) is 6.76. The molecular weight excluding hydrogens is 641 g/mol. The molecule has 3 saturated carbocycles. The van der Waals surface area contributed by atoms with E-state index in [1.807, 2.05) is 34.9 Å². The molecule has 2 amide bonds. The highest BCUT2D eigenvalue weighted by molar-refractivity contribution is 6.20. The van der Waals surface area contributed by atoms with Gasteiger partial charge in [-0.25, -0.2) is 9.18 Å². The zero-order valence-corrected chi connectivity index (χ0v) is 30.3. The Balaban J connectivity index is 1.15. The Morgan fingerprint density at radius 2 is 1.86 bits per heavy atom. The van der Waals surface area contributed by atoms with Crippen LogP contribution >= 0.6 is 0 Å². The Hall–Kier alpha value is -2.83. The van der Waals surface area contributed by atoms with Crippen molar-refractivity contribution in [2.45, 2.75) is 120 Å². The van der Waals surface area contributed by atoms with Crippen LogP contribution in [0.4, 0.5) is 9.18 Å². The first kappa shape index (κ1) is 35.6. The van der Waals surface area contributed by atoms with Crippen molar-refractivity contribution >= 4 is 23.6 Å². The van der Waals surface area contributed by atoms with Crippen molar-refractivity contribution in [2.75, 3.05) is 40.3 Å². The Labute approximate surface area is 295 Å². The van der Waals surface area contributed by atoms with Gasteiger partial charge in [-0.05, 0) is 105 Å². The summed E-state index contributed by atoms with van der Waals surface area (Å²) in [5.41, 5.74) is -0.521. The molecule has 12 atom stereocenters. The Bertz CT molecular complexity index is 1410. The number of alkyl carbamates (subject to hydrolysis) is 1. The maximum atomic E-state index is 16.6. The average Bonchev–Trinajstić information content (AvgIpc) is 3.61. The lowest BCUT2D eigenvalue weighted by molar-refractivity contribution is -0.217. The topological polar surface area (TPSA) is 121 Å². The van der Waals surface area contributed by atoms with Crippen LogP contribution in [0.3, 0.4) is 0 Å². The Morgan fingerprint density at radius 3 is 2.62 bits per heavy atom. The zero-order valence-electron chi connectivity index (χ0n) is 30.3. The lowest BCUT2D eigenvalue weighted by Gasteiger charge is -2.61.